The Bertz CT molecular complexity index is 802. The lowest BCUT2D eigenvalue weighted by Gasteiger charge is -2.08. The molecule has 1 aromatic carbocycles. The highest BCUT2D eigenvalue weighted by atomic mass is 16.5. The van der Waals surface area contributed by atoms with E-state index in [0.29, 0.717) is 11.3 Å². The van der Waals surface area contributed by atoms with Crippen LogP contribution in [-0.2, 0) is 6.61 Å². The Morgan fingerprint density at radius 3 is 2.76 bits per heavy atom. The van der Waals surface area contributed by atoms with Crippen molar-refractivity contribution < 1.29 is 14.6 Å². The quantitative estimate of drug-likeness (QED) is 0.795. The van der Waals surface area contributed by atoms with E-state index in [9.17, 15) is 4.79 Å². The molecule has 0 amide bonds. The number of carbonyl (C=O) groups is 1. The van der Waals surface area contributed by atoms with Gasteiger partial charge < -0.3 is 9.84 Å². The van der Waals surface area contributed by atoms with E-state index in [-0.39, 0.29) is 12.3 Å². The second-order valence-corrected chi connectivity index (χ2v) is 4.46. The number of nitrogens with zero attached hydrogens (tertiary/aromatic N) is 2. The zero-order valence-electron chi connectivity index (χ0n) is 11.1. The topological polar surface area (TPSA) is 72.3 Å². The molecule has 0 fully saturated rings. The molecule has 0 bridgehead atoms. The van der Waals surface area contributed by atoms with Crippen molar-refractivity contribution in [3.63, 3.8) is 0 Å². The van der Waals surface area contributed by atoms with E-state index in [0.717, 1.165) is 10.9 Å². The van der Waals surface area contributed by atoms with Crippen molar-refractivity contribution in [1.82, 2.24) is 9.97 Å². The van der Waals surface area contributed by atoms with E-state index in [4.69, 9.17) is 9.84 Å². The standard InChI is InChI=1S/C16H12N2O3/c19-16(20)15-12(4-2-8-18-15)10-21-13-6-5-11-3-1-7-17-14(11)9-13/h1-9H,10H2,(H,19,20). The van der Waals surface area contributed by atoms with E-state index < -0.39 is 5.97 Å². The van der Waals surface area contributed by atoms with Crippen molar-refractivity contribution in [3.05, 3.63) is 66.1 Å². The van der Waals surface area contributed by atoms with Crippen LogP contribution in [0.1, 0.15) is 16.1 Å². The Labute approximate surface area is 120 Å². The number of hydrogen-bond donors (Lipinski definition) is 1. The molecule has 0 saturated carbocycles. The molecule has 2 heterocycles. The maximum Gasteiger partial charge on any atom is 0.354 e. The van der Waals surface area contributed by atoms with Gasteiger partial charge in [-0.2, -0.15) is 0 Å². The number of carboxylic acids is 1. The van der Waals surface area contributed by atoms with Crippen LogP contribution >= 0.6 is 0 Å². The van der Waals surface area contributed by atoms with E-state index in [1.165, 1.54) is 6.20 Å². The van der Waals surface area contributed by atoms with Crippen molar-refractivity contribution in [2.75, 3.05) is 0 Å². The van der Waals surface area contributed by atoms with Crippen LogP contribution in [0.25, 0.3) is 10.9 Å². The number of fused-ring (bicyclic) bond motifs is 1. The predicted molar refractivity (Wildman–Crippen MR) is 77.3 cm³/mol. The lowest BCUT2D eigenvalue weighted by molar-refractivity contribution is 0.0687. The molecular weight excluding hydrogens is 268 g/mol. The molecule has 3 rings (SSSR count). The second kappa shape index (κ2) is 5.58. The van der Waals surface area contributed by atoms with Crippen LogP contribution in [0.3, 0.4) is 0 Å². The number of rotatable bonds is 4. The van der Waals surface area contributed by atoms with Gasteiger partial charge in [-0.1, -0.05) is 12.1 Å². The number of pyridine rings is 2. The van der Waals surface area contributed by atoms with Crippen LogP contribution < -0.4 is 4.74 Å². The molecular formula is C16H12N2O3. The molecule has 5 nitrogen and oxygen atoms in total. The third kappa shape index (κ3) is 2.81. The van der Waals surface area contributed by atoms with Gasteiger partial charge in [-0.3, -0.25) is 4.98 Å². The van der Waals surface area contributed by atoms with Crippen molar-refractivity contribution in [2.24, 2.45) is 0 Å². The van der Waals surface area contributed by atoms with Crippen LogP contribution in [0.15, 0.2) is 54.9 Å². The van der Waals surface area contributed by atoms with Crippen molar-refractivity contribution in [3.8, 4) is 5.75 Å². The highest BCUT2D eigenvalue weighted by Gasteiger charge is 2.11. The number of carboxylic acid groups (broad SMARTS) is 1. The van der Waals surface area contributed by atoms with Crippen LogP contribution in [-0.4, -0.2) is 21.0 Å². The van der Waals surface area contributed by atoms with Gasteiger partial charge in [0.2, 0.25) is 0 Å². The third-order valence-electron chi connectivity index (χ3n) is 3.07. The lowest BCUT2D eigenvalue weighted by Crippen LogP contribution is -2.07. The normalized spacial score (nSPS) is 10.5. The highest BCUT2D eigenvalue weighted by Crippen LogP contribution is 2.20. The summed E-state index contributed by atoms with van der Waals surface area (Å²) in [5.74, 6) is -0.421. The van der Waals surface area contributed by atoms with E-state index in [1.54, 1.807) is 18.3 Å². The maximum absolute atomic E-state index is 11.1. The monoisotopic (exact) mass is 280 g/mol. The van der Waals surface area contributed by atoms with Gasteiger partial charge in [-0.15, -0.1) is 0 Å². The molecule has 0 aliphatic rings. The molecule has 0 unspecified atom stereocenters. The fourth-order valence-electron chi connectivity index (χ4n) is 2.04. The van der Waals surface area contributed by atoms with Crippen LogP contribution in [0, 0.1) is 0 Å². The molecule has 104 valence electrons. The van der Waals surface area contributed by atoms with E-state index >= 15 is 0 Å². The van der Waals surface area contributed by atoms with Crippen LogP contribution in [0.2, 0.25) is 0 Å². The van der Waals surface area contributed by atoms with Gasteiger partial charge in [-0.25, -0.2) is 9.78 Å². The molecule has 1 N–H and O–H groups in total. The molecule has 0 aliphatic carbocycles. The Morgan fingerprint density at radius 2 is 1.90 bits per heavy atom. The Morgan fingerprint density at radius 1 is 1.10 bits per heavy atom. The first-order valence-corrected chi connectivity index (χ1v) is 6.39. The second-order valence-electron chi connectivity index (χ2n) is 4.46. The van der Waals surface area contributed by atoms with Gasteiger partial charge in [0.05, 0.1) is 5.52 Å². The van der Waals surface area contributed by atoms with E-state index in [1.807, 2.05) is 30.3 Å². The van der Waals surface area contributed by atoms with Gasteiger partial charge in [0.25, 0.3) is 0 Å². The summed E-state index contributed by atoms with van der Waals surface area (Å²) in [6.07, 6.45) is 3.17. The summed E-state index contributed by atoms with van der Waals surface area (Å²) in [6, 6.07) is 12.8. The Kier molecular flexibility index (Phi) is 3.47. The Hall–Kier alpha value is -2.95. The van der Waals surface area contributed by atoms with Crippen LogP contribution in [0.5, 0.6) is 5.75 Å². The minimum atomic E-state index is -1.06. The molecule has 0 saturated heterocycles. The fourth-order valence-corrected chi connectivity index (χ4v) is 2.04. The molecule has 3 aromatic rings. The van der Waals surface area contributed by atoms with Crippen molar-refractivity contribution in [2.45, 2.75) is 6.61 Å². The molecule has 0 spiro atoms. The zero-order chi connectivity index (χ0) is 14.7. The first-order chi connectivity index (χ1) is 10.2. The summed E-state index contributed by atoms with van der Waals surface area (Å²) in [7, 11) is 0. The summed E-state index contributed by atoms with van der Waals surface area (Å²) in [4.78, 5) is 19.2. The molecule has 0 aliphatic heterocycles. The largest absolute Gasteiger partial charge is 0.489 e. The molecule has 21 heavy (non-hydrogen) atoms. The molecule has 5 heteroatoms. The van der Waals surface area contributed by atoms with Crippen molar-refractivity contribution >= 4 is 16.9 Å². The van der Waals surface area contributed by atoms with Crippen molar-refractivity contribution in [1.29, 1.82) is 0 Å². The summed E-state index contributed by atoms with van der Waals surface area (Å²) < 4.78 is 5.65. The highest BCUT2D eigenvalue weighted by molar-refractivity contribution is 5.87. The van der Waals surface area contributed by atoms with E-state index in [2.05, 4.69) is 9.97 Å². The summed E-state index contributed by atoms with van der Waals surface area (Å²) in [5, 5.41) is 10.1. The van der Waals surface area contributed by atoms with Crippen LogP contribution in [0.4, 0.5) is 0 Å². The molecule has 0 atom stereocenters. The maximum atomic E-state index is 11.1. The number of aromatic carboxylic acids is 1. The smallest absolute Gasteiger partial charge is 0.354 e. The SMILES string of the molecule is O=C(O)c1ncccc1COc1ccc2cccnc2c1. The third-order valence-corrected chi connectivity index (χ3v) is 3.07. The van der Waals surface area contributed by atoms with Gasteiger partial charge in [0.1, 0.15) is 12.4 Å². The van der Waals surface area contributed by atoms with Gasteiger partial charge in [0.15, 0.2) is 5.69 Å². The molecule has 2 aromatic heterocycles. The first-order valence-electron chi connectivity index (χ1n) is 6.39. The average molecular weight is 280 g/mol. The Balaban J connectivity index is 1.82. The minimum Gasteiger partial charge on any atom is -0.489 e. The first kappa shape index (κ1) is 13.1. The number of ether oxygens (including phenoxy) is 1. The number of hydrogen-bond acceptors (Lipinski definition) is 4. The minimum absolute atomic E-state index is 0.0106. The lowest BCUT2D eigenvalue weighted by atomic mass is 10.2. The average Bonchev–Trinajstić information content (AvgIpc) is 2.53. The van der Waals surface area contributed by atoms with Gasteiger partial charge in [-0.05, 0) is 24.3 Å². The summed E-state index contributed by atoms with van der Waals surface area (Å²) >= 11 is 0. The zero-order valence-corrected chi connectivity index (χ0v) is 11.1. The number of aromatic nitrogens is 2. The predicted octanol–water partition coefficient (Wildman–Crippen LogP) is 2.91. The van der Waals surface area contributed by atoms with Gasteiger partial charge >= 0.3 is 5.97 Å². The summed E-state index contributed by atoms with van der Waals surface area (Å²) in [5.41, 5.74) is 1.38. The summed E-state index contributed by atoms with van der Waals surface area (Å²) in [6.45, 7) is 0.147. The molecule has 0 radical (unpaired) electrons. The van der Waals surface area contributed by atoms with Gasteiger partial charge in [0, 0.05) is 29.4 Å². The number of benzene rings is 1. The fraction of sp³-hybridized carbons (Fsp3) is 0.0625.